The molecular formula is C23H23FN4O3S. The molecular weight excluding hydrogens is 431 g/mol. The third-order valence-corrected chi connectivity index (χ3v) is 6.16. The molecule has 0 bridgehead atoms. The van der Waals surface area contributed by atoms with E-state index in [4.69, 9.17) is 4.74 Å². The number of aromatic nitrogens is 1. The molecule has 0 aliphatic carbocycles. The second-order valence-electron chi connectivity index (χ2n) is 7.36. The first-order chi connectivity index (χ1) is 15.5. The van der Waals surface area contributed by atoms with Crippen molar-refractivity contribution in [1.29, 1.82) is 0 Å². The molecule has 0 spiro atoms. The summed E-state index contributed by atoms with van der Waals surface area (Å²) < 4.78 is 18.7. The van der Waals surface area contributed by atoms with Gasteiger partial charge in [0.05, 0.1) is 13.7 Å². The number of halogens is 1. The van der Waals surface area contributed by atoms with Crippen LogP contribution >= 0.6 is 11.3 Å². The summed E-state index contributed by atoms with van der Waals surface area (Å²) in [4.78, 5) is 32.6. The number of carbonyl (C=O) groups excluding carboxylic acids is 2. The minimum absolute atomic E-state index is 0.223. The molecule has 9 heteroatoms. The quantitative estimate of drug-likeness (QED) is 0.575. The molecule has 0 radical (unpaired) electrons. The second-order valence-corrected chi connectivity index (χ2v) is 8.22. The summed E-state index contributed by atoms with van der Waals surface area (Å²) in [6.07, 6.45) is 0. The number of rotatable bonds is 6. The first kappa shape index (κ1) is 21.9. The number of amides is 1. The molecule has 1 aliphatic heterocycles. The highest BCUT2D eigenvalue weighted by Crippen LogP contribution is 2.26. The van der Waals surface area contributed by atoms with Gasteiger partial charge in [-0.05, 0) is 36.4 Å². The van der Waals surface area contributed by atoms with Crippen LogP contribution in [0.5, 0.6) is 0 Å². The van der Waals surface area contributed by atoms with Crippen molar-refractivity contribution in [3.05, 3.63) is 65.4 Å². The number of anilines is 2. The number of benzene rings is 2. The van der Waals surface area contributed by atoms with Crippen LogP contribution < -0.4 is 10.2 Å². The van der Waals surface area contributed by atoms with Crippen LogP contribution in [0.15, 0.2) is 53.9 Å². The maximum absolute atomic E-state index is 14.0. The van der Waals surface area contributed by atoms with Gasteiger partial charge in [0.2, 0.25) is 0 Å². The van der Waals surface area contributed by atoms with Gasteiger partial charge in [0.1, 0.15) is 16.5 Å². The lowest BCUT2D eigenvalue weighted by Gasteiger charge is -2.35. The Morgan fingerprint density at radius 1 is 1.09 bits per heavy atom. The molecule has 1 amide bonds. The van der Waals surface area contributed by atoms with Gasteiger partial charge in [-0.3, -0.25) is 14.5 Å². The Hall–Kier alpha value is -3.30. The van der Waals surface area contributed by atoms with Crippen LogP contribution in [0.2, 0.25) is 0 Å². The molecule has 1 N–H and O–H groups in total. The molecule has 7 nitrogen and oxygen atoms in total. The molecule has 2 aromatic carbocycles. The number of hydrogen-bond donors (Lipinski definition) is 1. The van der Waals surface area contributed by atoms with Gasteiger partial charge in [-0.15, -0.1) is 11.3 Å². The normalized spacial score (nSPS) is 14.2. The Morgan fingerprint density at radius 2 is 1.81 bits per heavy atom. The Morgan fingerprint density at radius 3 is 2.50 bits per heavy atom. The predicted molar refractivity (Wildman–Crippen MR) is 123 cm³/mol. The van der Waals surface area contributed by atoms with Gasteiger partial charge in [-0.1, -0.05) is 12.1 Å². The predicted octanol–water partition coefficient (Wildman–Crippen LogP) is 3.50. The minimum Gasteiger partial charge on any atom is -0.468 e. The number of methoxy groups -OCH3 is 1. The lowest BCUT2D eigenvalue weighted by Crippen LogP contribution is -2.48. The Labute approximate surface area is 189 Å². The zero-order chi connectivity index (χ0) is 22.5. The van der Waals surface area contributed by atoms with E-state index in [1.807, 2.05) is 24.3 Å². The number of ether oxygens (including phenoxy) is 1. The monoisotopic (exact) mass is 454 g/mol. The fraction of sp³-hybridized carbons (Fsp3) is 0.261. The molecule has 0 unspecified atom stereocenters. The van der Waals surface area contributed by atoms with Crippen LogP contribution in [0, 0.1) is 5.82 Å². The first-order valence-corrected chi connectivity index (χ1v) is 11.1. The zero-order valence-corrected chi connectivity index (χ0v) is 18.4. The number of hydrogen-bond acceptors (Lipinski definition) is 7. The third-order valence-electron chi connectivity index (χ3n) is 5.28. The average molecular weight is 455 g/mol. The van der Waals surface area contributed by atoms with E-state index in [1.165, 1.54) is 24.5 Å². The highest BCUT2D eigenvalue weighted by Gasteiger charge is 2.20. The standard InChI is InChI=1S/C23H23FN4O3S/c1-31-21(29)14-27-10-12-28(13-11-27)17-8-6-16(7-9-17)25-22(30)20-15-32-23(26-20)18-4-2-3-5-19(18)24/h2-9,15H,10-14H2,1H3,(H,25,30). The molecule has 166 valence electrons. The van der Waals surface area contributed by atoms with Gasteiger partial charge >= 0.3 is 5.97 Å². The molecule has 3 aromatic rings. The molecule has 0 atom stereocenters. The lowest BCUT2D eigenvalue weighted by molar-refractivity contribution is -0.142. The van der Waals surface area contributed by atoms with Crippen LogP contribution in [-0.2, 0) is 9.53 Å². The van der Waals surface area contributed by atoms with Gasteiger partial charge < -0.3 is 15.0 Å². The van der Waals surface area contributed by atoms with Crippen LogP contribution in [0.3, 0.4) is 0 Å². The van der Waals surface area contributed by atoms with Crippen LogP contribution in [-0.4, -0.2) is 61.6 Å². The SMILES string of the molecule is COC(=O)CN1CCN(c2ccc(NC(=O)c3csc(-c4ccccc4F)n3)cc2)CC1. The van der Waals surface area contributed by atoms with Gasteiger partial charge in [0, 0.05) is 48.5 Å². The van der Waals surface area contributed by atoms with Crippen molar-refractivity contribution in [2.45, 2.75) is 0 Å². The smallest absolute Gasteiger partial charge is 0.319 e. The van der Waals surface area contributed by atoms with Crippen LogP contribution in [0.4, 0.5) is 15.8 Å². The number of esters is 1. The molecule has 4 rings (SSSR count). The van der Waals surface area contributed by atoms with E-state index in [0.29, 0.717) is 22.8 Å². The number of carbonyl (C=O) groups is 2. The fourth-order valence-corrected chi connectivity index (χ4v) is 4.32. The minimum atomic E-state index is -0.365. The number of nitrogens with one attached hydrogen (secondary N) is 1. The maximum atomic E-state index is 14.0. The summed E-state index contributed by atoms with van der Waals surface area (Å²) in [7, 11) is 1.40. The molecule has 1 saturated heterocycles. The molecule has 32 heavy (non-hydrogen) atoms. The van der Waals surface area contributed by atoms with Crippen molar-refractivity contribution in [2.24, 2.45) is 0 Å². The Balaban J connectivity index is 1.34. The van der Waals surface area contributed by atoms with Crippen molar-refractivity contribution in [3.63, 3.8) is 0 Å². The van der Waals surface area contributed by atoms with Crippen molar-refractivity contribution >= 4 is 34.6 Å². The van der Waals surface area contributed by atoms with Crippen molar-refractivity contribution < 1.29 is 18.7 Å². The first-order valence-electron chi connectivity index (χ1n) is 10.2. The van der Waals surface area contributed by atoms with E-state index >= 15 is 0 Å². The molecule has 1 aliphatic rings. The van der Waals surface area contributed by atoms with Gasteiger partial charge in [0.15, 0.2) is 0 Å². The van der Waals surface area contributed by atoms with E-state index in [9.17, 15) is 14.0 Å². The molecule has 2 heterocycles. The summed E-state index contributed by atoms with van der Waals surface area (Å²) in [5, 5.41) is 4.93. The summed E-state index contributed by atoms with van der Waals surface area (Å²) in [5.74, 6) is -0.928. The van der Waals surface area contributed by atoms with E-state index in [-0.39, 0.29) is 23.4 Å². The highest BCUT2D eigenvalue weighted by atomic mass is 32.1. The summed E-state index contributed by atoms with van der Waals surface area (Å²) in [6, 6.07) is 14.0. The van der Waals surface area contributed by atoms with Gasteiger partial charge in [-0.25, -0.2) is 9.37 Å². The van der Waals surface area contributed by atoms with Crippen molar-refractivity contribution in [3.8, 4) is 10.6 Å². The number of thiazole rings is 1. The Bertz CT molecular complexity index is 1090. The van der Waals surface area contributed by atoms with Crippen molar-refractivity contribution in [1.82, 2.24) is 9.88 Å². The molecule has 1 fully saturated rings. The van der Waals surface area contributed by atoms with E-state index < -0.39 is 0 Å². The fourth-order valence-electron chi connectivity index (χ4n) is 3.50. The Kier molecular flexibility index (Phi) is 6.77. The van der Waals surface area contributed by atoms with E-state index in [2.05, 4.69) is 20.1 Å². The molecule has 1 aromatic heterocycles. The van der Waals surface area contributed by atoms with E-state index in [1.54, 1.807) is 23.6 Å². The largest absolute Gasteiger partial charge is 0.468 e. The number of piperazine rings is 1. The zero-order valence-electron chi connectivity index (χ0n) is 17.6. The third kappa shape index (κ3) is 5.12. The van der Waals surface area contributed by atoms with Crippen molar-refractivity contribution in [2.75, 3.05) is 50.1 Å². The van der Waals surface area contributed by atoms with E-state index in [0.717, 1.165) is 31.9 Å². The van der Waals surface area contributed by atoms with Gasteiger partial charge in [0.25, 0.3) is 5.91 Å². The topological polar surface area (TPSA) is 74.8 Å². The number of nitrogens with zero attached hydrogens (tertiary/aromatic N) is 3. The highest BCUT2D eigenvalue weighted by molar-refractivity contribution is 7.13. The van der Waals surface area contributed by atoms with Crippen LogP contribution in [0.1, 0.15) is 10.5 Å². The lowest BCUT2D eigenvalue weighted by atomic mass is 10.2. The summed E-state index contributed by atoms with van der Waals surface area (Å²) in [6.45, 7) is 3.48. The second kappa shape index (κ2) is 9.88. The maximum Gasteiger partial charge on any atom is 0.319 e. The average Bonchev–Trinajstić information content (AvgIpc) is 3.31. The van der Waals surface area contributed by atoms with Crippen LogP contribution in [0.25, 0.3) is 10.6 Å². The summed E-state index contributed by atoms with van der Waals surface area (Å²) >= 11 is 1.23. The van der Waals surface area contributed by atoms with Gasteiger partial charge in [-0.2, -0.15) is 0 Å². The molecule has 0 saturated carbocycles. The summed E-state index contributed by atoms with van der Waals surface area (Å²) in [5.41, 5.74) is 2.34.